The van der Waals surface area contributed by atoms with Gasteiger partial charge < -0.3 is 5.32 Å². The largest absolute Gasteiger partial charge is 0.361 e. The highest BCUT2D eigenvalue weighted by Crippen LogP contribution is 2.26. The van der Waals surface area contributed by atoms with E-state index in [0.29, 0.717) is 11.9 Å². The van der Waals surface area contributed by atoms with Gasteiger partial charge in [0.2, 0.25) is 5.82 Å². The summed E-state index contributed by atoms with van der Waals surface area (Å²) in [5, 5.41) is 11.7. The summed E-state index contributed by atoms with van der Waals surface area (Å²) in [5.41, 5.74) is 0.0174. The van der Waals surface area contributed by atoms with E-state index in [1.807, 2.05) is 0 Å². The minimum absolute atomic E-state index is 0.0174. The monoisotopic (exact) mass is 276 g/mol. The summed E-state index contributed by atoms with van der Waals surface area (Å²) < 4.78 is 1.78. The summed E-state index contributed by atoms with van der Waals surface area (Å²) in [5.74, 6) is 2.15. The normalized spacial score (nSPS) is 26.1. The fourth-order valence-corrected chi connectivity index (χ4v) is 3.48. The molecule has 0 bridgehead atoms. The van der Waals surface area contributed by atoms with Crippen molar-refractivity contribution in [1.29, 1.82) is 0 Å². The number of aromatic nitrogens is 3. The lowest BCUT2D eigenvalue weighted by molar-refractivity contribution is 0.444. The van der Waals surface area contributed by atoms with Crippen molar-refractivity contribution < 1.29 is 0 Å². The molecule has 2 aliphatic rings. The van der Waals surface area contributed by atoms with E-state index < -0.39 is 0 Å². The van der Waals surface area contributed by atoms with Gasteiger partial charge in [0.1, 0.15) is 5.82 Å². The van der Waals surface area contributed by atoms with Crippen LogP contribution in [0.4, 0.5) is 5.82 Å². The summed E-state index contributed by atoms with van der Waals surface area (Å²) >= 11 is 0. The molecule has 0 amide bonds. The van der Waals surface area contributed by atoms with Crippen LogP contribution in [-0.2, 0) is 13.0 Å². The van der Waals surface area contributed by atoms with Gasteiger partial charge in [-0.25, -0.2) is 0 Å². The van der Waals surface area contributed by atoms with Crippen LogP contribution >= 0.6 is 0 Å². The Bertz CT molecular complexity index is 525. The first-order valence-electron chi connectivity index (χ1n) is 8.01. The number of anilines is 1. The molecule has 1 aliphatic heterocycles. The third-order valence-corrected chi connectivity index (χ3v) is 4.81. The summed E-state index contributed by atoms with van der Waals surface area (Å²) in [7, 11) is 0. The molecule has 0 aromatic carbocycles. The van der Waals surface area contributed by atoms with E-state index in [1.54, 1.807) is 4.57 Å². The predicted molar refractivity (Wildman–Crippen MR) is 78.9 cm³/mol. The molecular weight excluding hydrogens is 252 g/mol. The van der Waals surface area contributed by atoms with Crippen LogP contribution in [0.15, 0.2) is 4.79 Å². The van der Waals surface area contributed by atoms with Gasteiger partial charge in [0.25, 0.3) is 5.56 Å². The van der Waals surface area contributed by atoms with Gasteiger partial charge in [0, 0.05) is 19.0 Å². The van der Waals surface area contributed by atoms with E-state index in [-0.39, 0.29) is 5.56 Å². The van der Waals surface area contributed by atoms with Crippen LogP contribution in [0.25, 0.3) is 0 Å². The molecule has 0 spiro atoms. The highest BCUT2D eigenvalue weighted by atomic mass is 16.1. The average molecular weight is 276 g/mol. The molecule has 0 saturated heterocycles. The van der Waals surface area contributed by atoms with Gasteiger partial charge in [-0.1, -0.05) is 26.2 Å². The zero-order valence-corrected chi connectivity index (χ0v) is 12.3. The van der Waals surface area contributed by atoms with Crippen LogP contribution in [0.5, 0.6) is 0 Å². The van der Waals surface area contributed by atoms with Crippen molar-refractivity contribution in [3.8, 4) is 0 Å². The molecule has 2 heterocycles. The zero-order chi connectivity index (χ0) is 13.9. The minimum atomic E-state index is 0.0174. The Hall–Kier alpha value is -1.39. The average Bonchev–Trinajstić information content (AvgIpc) is 2.83. The first kappa shape index (κ1) is 13.6. The molecule has 2 unspecified atom stereocenters. The second-order valence-electron chi connectivity index (χ2n) is 6.15. The maximum absolute atomic E-state index is 12.3. The Morgan fingerprint density at radius 3 is 2.95 bits per heavy atom. The lowest BCUT2D eigenvalue weighted by atomic mass is 9.98. The van der Waals surface area contributed by atoms with Crippen LogP contribution in [0.3, 0.4) is 0 Å². The third-order valence-electron chi connectivity index (χ3n) is 4.81. The van der Waals surface area contributed by atoms with Gasteiger partial charge in [0.15, 0.2) is 0 Å². The summed E-state index contributed by atoms with van der Waals surface area (Å²) in [4.78, 5) is 12.3. The molecular formula is C15H24N4O. The lowest BCUT2D eigenvalue weighted by Gasteiger charge is -2.17. The predicted octanol–water partition coefficient (Wildman–Crippen LogP) is 2.36. The number of hydrogen-bond donors (Lipinski definition) is 1. The van der Waals surface area contributed by atoms with Crippen molar-refractivity contribution >= 4 is 5.82 Å². The van der Waals surface area contributed by atoms with Gasteiger partial charge in [-0.15, -0.1) is 10.2 Å². The summed E-state index contributed by atoms with van der Waals surface area (Å²) in [6, 6.07) is 0.383. The van der Waals surface area contributed by atoms with Gasteiger partial charge in [-0.05, 0) is 31.6 Å². The SMILES string of the molecule is CCC1CCCC(Nc2nnc3n(c2=O)CCC3)CC1. The van der Waals surface area contributed by atoms with Crippen molar-refractivity contribution in [2.45, 2.75) is 70.9 Å². The van der Waals surface area contributed by atoms with Crippen molar-refractivity contribution in [2.24, 2.45) is 5.92 Å². The number of nitrogens with one attached hydrogen (secondary N) is 1. The molecule has 1 fully saturated rings. The zero-order valence-electron chi connectivity index (χ0n) is 12.3. The fourth-order valence-electron chi connectivity index (χ4n) is 3.48. The number of rotatable bonds is 3. The molecule has 3 rings (SSSR count). The molecule has 5 nitrogen and oxygen atoms in total. The first-order valence-corrected chi connectivity index (χ1v) is 8.01. The number of fused-ring (bicyclic) bond motifs is 1. The molecule has 1 saturated carbocycles. The first-order chi connectivity index (χ1) is 9.78. The Morgan fingerprint density at radius 2 is 2.10 bits per heavy atom. The Kier molecular flexibility index (Phi) is 4.03. The molecule has 1 aliphatic carbocycles. The van der Waals surface area contributed by atoms with Crippen molar-refractivity contribution in [2.75, 3.05) is 5.32 Å². The Labute approximate surface area is 119 Å². The van der Waals surface area contributed by atoms with Gasteiger partial charge >= 0.3 is 0 Å². The van der Waals surface area contributed by atoms with Crippen molar-refractivity contribution in [1.82, 2.24) is 14.8 Å². The highest BCUT2D eigenvalue weighted by Gasteiger charge is 2.21. The van der Waals surface area contributed by atoms with Crippen molar-refractivity contribution in [3.05, 3.63) is 16.2 Å². The third kappa shape index (κ3) is 2.72. The van der Waals surface area contributed by atoms with E-state index in [1.165, 1.54) is 25.7 Å². The number of hydrogen-bond acceptors (Lipinski definition) is 4. The second kappa shape index (κ2) is 5.94. The summed E-state index contributed by atoms with van der Waals surface area (Å²) in [6.07, 6.45) is 9.27. The van der Waals surface area contributed by atoms with Gasteiger partial charge in [-0.3, -0.25) is 9.36 Å². The van der Waals surface area contributed by atoms with E-state index >= 15 is 0 Å². The fraction of sp³-hybridized carbons (Fsp3) is 0.800. The molecule has 2 atom stereocenters. The highest BCUT2D eigenvalue weighted by molar-refractivity contribution is 5.32. The summed E-state index contributed by atoms with van der Waals surface area (Å²) in [6.45, 7) is 3.07. The van der Waals surface area contributed by atoms with Crippen molar-refractivity contribution in [3.63, 3.8) is 0 Å². The minimum Gasteiger partial charge on any atom is -0.361 e. The molecule has 1 N–H and O–H groups in total. The number of nitrogens with zero attached hydrogens (tertiary/aromatic N) is 3. The Morgan fingerprint density at radius 1 is 1.20 bits per heavy atom. The Balaban J connectivity index is 1.70. The quantitative estimate of drug-likeness (QED) is 0.861. The van der Waals surface area contributed by atoms with E-state index in [0.717, 1.165) is 44.0 Å². The topological polar surface area (TPSA) is 59.8 Å². The second-order valence-corrected chi connectivity index (χ2v) is 6.15. The van der Waals surface area contributed by atoms with E-state index in [2.05, 4.69) is 22.4 Å². The molecule has 110 valence electrons. The molecule has 0 radical (unpaired) electrons. The van der Waals surface area contributed by atoms with Crippen LogP contribution in [-0.4, -0.2) is 20.8 Å². The van der Waals surface area contributed by atoms with E-state index in [4.69, 9.17) is 0 Å². The molecule has 20 heavy (non-hydrogen) atoms. The van der Waals surface area contributed by atoms with Crippen LogP contribution in [0, 0.1) is 5.92 Å². The van der Waals surface area contributed by atoms with Crippen LogP contribution in [0.2, 0.25) is 0 Å². The van der Waals surface area contributed by atoms with Gasteiger partial charge in [-0.2, -0.15) is 0 Å². The van der Waals surface area contributed by atoms with E-state index in [9.17, 15) is 4.79 Å². The molecule has 1 aromatic heterocycles. The standard InChI is InChI=1S/C15H24N4O/c1-2-11-5-3-6-12(9-8-11)16-14-15(20)19-10-4-7-13(19)17-18-14/h11-12H,2-10H2,1H3,(H,16,18). The smallest absolute Gasteiger partial charge is 0.296 e. The maximum Gasteiger partial charge on any atom is 0.296 e. The van der Waals surface area contributed by atoms with Gasteiger partial charge in [0.05, 0.1) is 0 Å². The van der Waals surface area contributed by atoms with Crippen LogP contribution < -0.4 is 10.9 Å². The van der Waals surface area contributed by atoms with Crippen LogP contribution in [0.1, 0.15) is 57.7 Å². The number of aryl methyl sites for hydroxylation is 1. The lowest BCUT2D eigenvalue weighted by Crippen LogP contribution is -2.30. The maximum atomic E-state index is 12.3. The molecule has 5 heteroatoms. The molecule has 1 aromatic rings.